The molecule has 102 valence electrons. The lowest BCUT2D eigenvalue weighted by molar-refractivity contribution is -0.384. The number of fused-ring (bicyclic) bond motifs is 4. The zero-order valence-corrected chi connectivity index (χ0v) is 11.1. The van der Waals surface area contributed by atoms with Crippen LogP contribution in [0.1, 0.15) is 5.56 Å². The molecule has 6 nitrogen and oxygen atoms in total. The Morgan fingerprint density at radius 2 is 1.86 bits per heavy atom. The number of aromatic nitrogens is 3. The Morgan fingerprint density at radius 1 is 1.14 bits per heavy atom. The van der Waals surface area contributed by atoms with Crippen molar-refractivity contribution < 1.29 is 4.92 Å². The molecule has 0 radical (unpaired) electrons. The first-order valence-corrected chi connectivity index (χ1v) is 6.47. The minimum absolute atomic E-state index is 0.0656. The highest BCUT2D eigenvalue weighted by atomic mass is 16.6. The van der Waals surface area contributed by atoms with E-state index in [1.54, 1.807) is 12.1 Å². The van der Waals surface area contributed by atoms with Gasteiger partial charge >= 0.3 is 0 Å². The van der Waals surface area contributed by atoms with Crippen molar-refractivity contribution in [2.24, 2.45) is 0 Å². The zero-order chi connectivity index (χ0) is 14.6. The minimum atomic E-state index is -0.389. The van der Waals surface area contributed by atoms with Crippen molar-refractivity contribution in [1.29, 1.82) is 0 Å². The minimum Gasteiger partial charge on any atom is -0.338 e. The molecule has 0 aliphatic carbocycles. The average molecular weight is 278 g/mol. The Labute approximate surface area is 118 Å². The van der Waals surface area contributed by atoms with Gasteiger partial charge in [0.1, 0.15) is 5.52 Å². The molecule has 0 saturated heterocycles. The molecule has 4 aromatic rings. The Bertz CT molecular complexity index is 1040. The van der Waals surface area contributed by atoms with E-state index in [0.29, 0.717) is 11.2 Å². The molecule has 0 spiro atoms. The topological polar surface area (TPSA) is 84.7 Å². The van der Waals surface area contributed by atoms with Gasteiger partial charge in [-0.25, -0.2) is 9.97 Å². The summed E-state index contributed by atoms with van der Waals surface area (Å²) in [6.07, 6.45) is 0. The third-order valence-electron chi connectivity index (χ3n) is 3.60. The number of nitro benzene ring substituents is 1. The lowest BCUT2D eigenvalue weighted by Gasteiger charge is -1.97. The van der Waals surface area contributed by atoms with Crippen LogP contribution in [0.4, 0.5) is 5.69 Å². The maximum absolute atomic E-state index is 11.0. The number of nitrogens with zero attached hydrogens (tertiary/aromatic N) is 3. The molecular weight excluding hydrogens is 268 g/mol. The van der Waals surface area contributed by atoms with Crippen molar-refractivity contribution in [2.75, 3.05) is 0 Å². The lowest BCUT2D eigenvalue weighted by Crippen LogP contribution is -1.89. The zero-order valence-electron chi connectivity index (χ0n) is 11.1. The number of H-pyrrole nitrogens is 1. The molecule has 0 aliphatic rings. The van der Waals surface area contributed by atoms with Crippen molar-refractivity contribution in [2.45, 2.75) is 6.92 Å². The maximum Gasteiger partial charge on any atom is 0.270 e. The quantitative estimate of drug-likeness (QED) is 0.426. The van der Waals surface area contributed by atoms with E-state index in [1.807, 2.05) is 31.2 Å². The Balaban J connectivity index is 2.19. The Hall–Kier alpha value is -3.02. The van der Waals surface area contributed by atoms with Gasteiger partial charge in [0, 0.05) is 17.5 Å². The number of benzene rings is 2. The van der Waals surface area contributed by atoms with E-state index in [-0.39, 0.29) is 10.6 Å². The lowest BCUT2D eigenvalue weighted by atomic mass is 10.1. The summed E-state index contributed by atoms with van der Waals surface area (Å²) < 4.78 is 0. The predicted octanol–water partition coefficient (Wildman–Crippen LogP) is 3.48. The van der Waals surface area contributed by atoms with Crippen LogP contribution in [-0.2, 0) is 0 Å². The summed E-state index contributed by atoms with van der Waals surface area (Å²) in [5, 5.41) is 11.8. The van der Waals surface area contributed by atoms with Gasteiger partial charge in [-0.05, 0) is 24.6 Å². The molecule has 0 amide bonds. The second-order valence-electron chi connectivity index (χ2n) is 4.98. The van der Waals surface area contributed by atoms with Crippen LogP contribution in [0.2, 0.25) is 0 Å². The van der Waals surface area contributed by atoms with Gasteiger partial charge in [0.25, 0.3) is 5.69 Å². The first-order valence-electron chi connectivity index (χ1n) is 6.47. The van der Waals surface area contributed by atoms with Gasteiger partial charge in [0.15, 0.2) is 5.65 Å². The monoisotopic (exact) mass is 278 g/mol. The molecule has 6 heteroatoms. The van der Waals surface area contributed by atoms with Gasteiger partial charge in [-0.1, -0.05) is 12.1 Å². The number of non-ortho nitro benzene ring substituents is 1. The van der Waals surface area contributed by atoms with Crippen LogP contribution in [0.25, 0.3) is 33.1 Å². The fraction of sp³-hybridized carbons (Fsp3) is 0.0667. The van der Waals surface area contributed by atoms with Gasteiger partial charge < -0.3 is 4.98 Å². The molecule has 0 bridgehead atoms. The summed E-state index contributed by atoms with van der Waals surface area (Å²) in [5.41, 5.74) is 4.59. The normalized spacial score (nSPS) is 11.5. The summed E-state index contributed by atoms with van der Waals surface area (Å²) in [6.45, 7) is 1.84. The molecule has 21 heavy (non-hydrogen) atoms. The third kappa shape index (κ3) is 1.66. The Morgan fingerprint density at radius 3 is 2.57 bits per heavy atom. The van der Waals surface area contributed by atoms with Crippen molar-refractivity contribution >= 4 is 38.8 Å². The molecular formula is C15H10N4O2. The second kappa shape index (κ2) is 3.99. The maximum atomic E-state index is 11.0. The van der Waals surface area contributed by atoms with Crippen LogP contribution in [0.3, 0.4) is 0 Å². The summed E-state index contributed by atoms with van der Waals surface area (Å²) >= 11 is 0. The highest BCUT2D eigenvalue weighted by Gasteiger charge is 2.15. The highest BCUT2D eigenvalue weighted by Crippen LogP contribution is 2.30. The van der Waals surface area contributed by atoms with Gasteiger partial charge in [0.05, 0.1) is 21.5 Å². The van der Waals surface area contributed by atoms with Crippen molar-refractivity contribution in [3.05, 3.63) is 52.1 Å². The standard InChI is InChI=1S/C15H10N4O2/c1-8-6-9(19(20)21)7-10-13(8)18-15-14(10)16-11-4-2-3-5-12(11)17-15/h2-7H,1H3,(H,17,18). The third-order valence-corrected chi connectivity index (χ3v) is 3.60. The smallest absolute Gasteiger partial charge is 0.270 e. The number of hydrogen-bond donors (Lipinski definition) is 1. The molecule has 0 fully saturated rings. The van der Waals surface area contributed by atoms with Crippen LogP contribution in [0, 0.1) is 17.0 Å². The number of nitro groups is 1. The van der Waals surface area contributed by atoms with Crippen LogP contribution in [0.5, 0.6) is 0 Å². The fourth-order valence-electron chi connectivity index (χ4n) is 2.62. The van der Waals surface area contributed by atoms with Gasteiger partial charge in [0.2, 0.25) is 0 Å². The number of rotatable bonds is 1. The number of aryl methyl sites for hydroxylation is 1. The molecule has 0 aliphatic heterocycles. The van der Waals surface area contributed by atoms with Gasteiger partial charge in [-0.2, -0.15) is 0 Å². The average Bonchev–Trinajstić information content (AvgIpc) is 2.83. The van der Waals surface area contributed by atoms with E-state index < -0.39 is 0 Å². The molecule has 2 aromatic carbocycles. The fourth-order valence-corrected chi connectivity index (χ4v) is 2.62. The number of aromatic amines is 1. The van der Waals surface area contributed by atoms with E-state index >= 15 is 0 Å². The van der Waals surface area contributed by atoms with Crippen LogP contribution < -0.4 is 0 Å². The first kappa shape index (κ1) is 11.8. The summed E-state index contributed by atoms with van der Waals surface area (Å²) in [7, 11) is 0. The number of para-hydroxylation sites is 2. The molecule has 1 N–H and O–H groups in total. The van der Waals surface area contributed by atoms with Crippen LogP contribution >= 0.6 is 0 Å². The van der Waals surface area contributed by atoms with Crippen LogP contribution in [-0.4, -0.2) is 19.9 Å². The second-order valence-corrected chi connectivity index (χ2v) is 4.98. The first-order chi connectivity index (χ1) is 10.1. The largest absolute Gasteiger partial charge is 0.338 e. The van der Waals surface area contributed by atoms with Crippen molar-refractivity contribution in [3.63, 3.8) is 0 Å². The van der Waals surface area contributed by atoms with E-state index in [0.717, 1.165) is 27.5 Å². The van der Waals surface area contributed by atoms with E-state index in [9.17, 15) is 10.1 Å². The van der Waals surface area contributed by atoms with Crippen molar-refractivity contribution in [1.82, 2.24) is 15.0 Å². The Kier molecular flexibility index (Phi) is 2.24. The predicted molar refractivity (Wildman–Crippen MR) is 80.3 cm³/mol. The van der Waals surface area contributed by atoms with E-state index in [4.69, 9.17) is 0 Å². The SMILES string of the molecule is Cc1cc([N+](=O)[O-])cc2c1[nH]c1nc3ccccc3nc12. The molecule has 0 saturated carbocycles. The van der Waals surface area contributed by atoms with E-state index in [2.05, 4.69) is 15.0 Å². The highest BCUT2D eigenvalue weighted by molar-refractivity contribution is 6.07. The number of hydrogen-bond acceptors (Lipinski definition) is 4. The van der Waals surface area contributed by atoms with Gasteiger partial charge in [-0.3, -0.25) is 10.1 Å². The molecule has 0 atom stereocenters. The molecule has 4 rings (SSSR count). The van der Waals surface area contributed by atoms with E-state index in [1.165, 1.54) is 0 Å². The van der Waals surface area contributed by atoms with Crippen molar-refractivity contribution in [3.8, 4) is 0 Å². The van der Waals surface area contributed by atoms with Crippen LogP contribution in [0.15, 0.2) is 36.4 Å². The molecule has 2 heterocycles. The summed E-state index contributed by atoms with van der Waals surface area (Å²) in [5.74, 6) is 0. The molecule has 2 aromatic heterocycles. The number of nitrogens with one attached hydrogen (secondary N) is 1. The summed E-state index contributed by atoms with van der Waals surface area (Å²) in [6, 6.07) is 10.7. The van der Waals surface area contributed by atoms with Gasteiger partial charge in [-0.15, -0.1) is 0 Å². The molecule has 0 unspecified atom stereocenters. The summed E-state index contributed by atoms with van der Waals surface area (Å²) in [4.78, 5) is 23.0.